The minimum atomic E-state index is -0.465. The number of fused-ring (bicyclic) bond motifs is 1. The summed E-state index contributed by atoms with van der Waals surface area (Å²) in [6, 6.07) is 3.25. The topological polar surface area (TPSA) is 111 Å². The summed E-state index contributed by atoms with van der Waals surface area (Å²) in [4.78, 5) is 32.6. The van der Waals surface area contributed by atoms with Gasteiger partial charge in [-0.15, -0.1) is 11.3 Å². The number of aryl methyl sites for hydroxylation is 1. The number of phenols is 1. The summed E-state index contributed by atoms with van der Waals surface area (Å²) in [6.45, 7) is 3.68. The van der Waals surface area contributed by atoms with Gasteiger partial charge in [0.15, 0.2) is 11.5 Å². The number of aromatic hydroxyl groups is 1. The van der Waals surface area contributed by atoms with E-state index in [2.05, 4.69) is 9.97 Å². The molecule has 0 atom stereocenters. The molecule has 3 rings (SSSR count). The van der Waals surface area contributed by atoms with Crippen LogP contribution in [0.5, 0.6) is 17.2 Å². The lowest BCUT2D eigenvalue weighted by molar-refractivity contribution is 0.0531. The highest BCUT2D eigenvalue weighted by Crippen LogP contribution is 2.37. The molecule has 0 bridgehead atoms. The number of hydrogen-bond acceptors (Lipinski definition) is 8. The third kappa shape index (κ3) is 3.95. The average Bonchev–Trinajstić information content (AvgIpc) is 3.04. The number of aromatic amines is 1. The first-order valence-electron chi connectivity index (χ1n) is 8.73. The number of carbonyl (C=O) groups is 1. The van der Waals surface area contributed by atoms with E-state index in [1.165, 1.54) is 14.2 Å². The number of phenolic OH excluding ortho intramolecular Hbond substituents is 1. The molecule has 29 heavy (non-hydrogen) atoms. The van der Waals surface area contributed by atoms with Gasteiger partial charge >= 0.3 is 5.97 Å². The van der Waals surface area contributed by atoms with Crippen molar-refractivity contribution < 1.29 is 24.1 Å². The third-order valence-corrected chi connectivity index (χ3v) is 5.38. The van der Waals surface area contributed by atoms with Crippen molar-refractivity contribution in [3.8, 4) is 17.2 Å². The number of ether oxygens (including phenoxy) is 3. The fourth-order valence-corrected chi connectivity index (χ4v) is 3.90. The van der Waals surface area contributed by atoms with Gasteiger partial charge in [0.25, 0.3) is 5.56 Å². The number of benzene rings is 1. The van der Waals surface area contributed by atoms with Crippen LogP contribution < -0.4 is 15.0 Å². The molecule has 1 aromatic carbocycles. The SMILES string of the molecule is CCOC(=O)c1sc2nc(/C=C/c3cc(OC)c(O)c(OC)c3)[nH]c(=O)c2c1C. The highest BCUT2D eigenvalue weighted by molar-refractivity contribution is 7.20. The van der Waals surface area contributed by atoms with E-state index in [0.717, 1.165) is 11.3 Å². The Hall–Kier alpha value is -3.33. The van der Waals surface area contributed by atoms with Crippen LogP contribution in [0.2, 0.25) is 0 Å². The highest BCUT2D eigenvalue weighted by Gasteiger charge is 2.19. The molecule has 0 radical (unpaired) electrons. The van der Waals surface area contributed by atoms with Crippen LogP contribution >= 0.6 is 11.3 Å². The van der Waals surface area contributed by atoms with Crippen LogP contribution in [0.1, 0.15) is 33.5 Å². The van der Waals surface area contributed by atoms with Gasteiger partial charge in [-0.05, 0) is 43.2 Å². The summed E-state index contributed by atoms with van der Waals surface area (Å²) in [5.74, 6) is 0.279. The van der Waals surface area contributed by atoms with E-state index in [0.29, 0.717) is 32.0 Å². The number of carbonyl (C=O) groups excluding carboxylic acids is 1. The molecular weight excluding hydrogens is 396 g/mol. The van der Waals surface area contributed by atoms with E-state index >= 15 is 0 Å². The molecule has 0 saturated carbocycles. The molecule has 152 valence electrons. The molecule has 0 aliphatic heterocycles. The maximum absolute atomic E-state index is 12.5. The van der Waals surface area contributed by atoms with E-state index in [9.17, 15) is 14.7 Å². The zero-order valence-electron chi connectivity index (χ0n) is 16.4. The molecule has 2 heterocycles. The second kappa shape index (κ2) is 8.36. The molecule has 0 unspecified atom stereocenters. The molecule has 0 fully saturated rings. The number of H-pyrrole nitrogens is 1. The number of thiophene rings is 1. The van der Waals surface area contributed by atoms with E-state index in [1.807, 2.05) is 0 Å². The Bertz CT molecular complexity index is 1140. The molecule has 9 heteroatoms. The fraction of sp³-hybridized carbons (Fsp3) is 0.250. The second-order valence-corrected chi connectivity index (χ2v) is 7.01. The predicted molar refractivity (Wildman–Crippen MR) is 111 cm³/mol. The predicted octanol–water partition coefficient (Wildman–Crippen LogP) is 3.36. The molecular formula is C20H20N2O6S. The Morgan fingerprint density at radius 2 is 1.90 bits per heavy atom. The molecule has 0 aliphatic rings. The van der Waals surface area contributed by atoms with Gasteiger partial charge in [0.05, 0.1) is 26.2 Å². The molecule has 0 amide bonds. The van der Waals surface area contributed by atoms with E-state index in [4.69, 9.17) is 14.2 Å². The van der Waals surface area contributed by atoms with E-state index < -0.39 is 5.97 Å². The first kappa shape index (κ1) is 20.4. The van der Waals surface area contributed by atoms with Gasteiger partial charge in [0, 0.05) is 0 Å². The van der Waals surface area contributed by atoms with Crippen molar-refractivity contribution in [1.29, 1.82) is 0 Å². The van der Waals surface area contributed by atoms with Gasteiger partial charge in [-0.3, -0.25) is 4.79 Å². The monoisotopic (exact) mass is 416 g/mol. The highest BCUT2D eigenvalue weighted by atomic mass is 32.1. The summed E-state index contributed by atoms with van der Waals surface area (Å²) in [6.07, 6.45) is 3.31. The Balaban J connectivity index is 2.01. The second-order valence-electron chi connectivity index (χ2n) is 6.02. The van der Waals surface area contributed by atoms with Gasteiger partial charge in [0.2, 0.25) is 5.75 Å². The summed E-state index contributed by atoms with van der Waals surface area (Å²) >= 11 is 1.12. The van der Waals surface area contributed by atoms with Crippen molar-refractivity contribution in [2.75, 3.05) is 20.8 Å². The maximum Gasteiger partial charge on any atom is 0.348 e. The number of nitrogens with zero attached hydrogens (tertiary/aromatic N) is 1. The number of hydrogen-bond donors (Lipinski definition) is 2. The lowest BCUT2D eigenvalue weighted by Crippen LogP contribution is -2.10. The Morgan fingerprint density at radius 3 is 2.48 bits per heavy atom. The number of esters is 1. The van der Waals surface area contributed by atoms with Crippen LogP contribution in [-0.4, -0.2) is 41.9 Å². The van der Waals surface area contributed by atoms with Gasteiger partial charge in [-0.25, -0.2) is 9.78 Å². The normalized spacial score (nSPS) is 11.2. The minimum absolute atomic E-state index is 0.0966. The minimum Gasteiger partial charge on any atom is -0.502 e. The lowest BCUT2D eigenvalue weighted by atomic mass is 10.1. The van der Waals surface area contributed by atoms with Crippen LogP contribution in [0.4, 0.5) is 0 Å². The number of methoxy groups -OCH3 is 2. The molecule has 0 spiro atoms. The molecule has 8 nitrogen and oxygen atoms in total. The van der Waals surface area contributed by atoms with Crippen molar-refractivity contribution in [3.05, 3.63) is 44.3 Å². The maximum atomic E-state index is 12.5. The first-order chi connectivity index (χ1) is 13.9. The van der Waals surface area contributed by atoms with Crippen molar-refractivity contribution in [2.24, 2.45) is 0 Å². The van der Waals surface area contributed by atoms with Crippen molar-refractivity contribution in [3.63, 3.8) is 0 Å². The van der Waals surface area contributed by atoms with Crippen LogP contribution in [0.3, 0.4) is 0 Å². The number of aromatic nitrogens is 2. The standard InChI is InChI=1S/C20H20N2O6S/c1-5-28-20(25)17-10(2)15-18(24)21-14(22-19(15)29-17)7-6-11-8-12(26-3)16(23)13(9-11)27-4/h6-9,23H,5H2,1-4H3,(H,21,22,24)/b7-6+. The summed E-state index contributed by atoms with van der Waals surface area (Å²) in [5, 5.41) is 10.4. The van der Waals surface area contributed by atoms with Crippen LogP contribution in [0.25, 0.3) is 22.4 Å². The zero-order valence-corrected chi connectivity index (χ0v) is 17.2. The third-order valence-electron chi connectivity index (χ3n) is 4.22. The van der Waals surface area contributed by atoms with Crippen LogP contribution in [0.15, 0.2) is 16.9 Å². The van der Waals surface area contributed by atoms with Crippen molar-refractivity contribution in [2.45, 2.75) is 13.8 Å². The largest absolute Gasteiger partial charge is 0.502 e. The number of rotatable bonds is 6. The lowest BCUT2D eigenvalue weighted by Gasteiger charge is -2.09. The molecule has 3 aromatic rings. The molecule has 0 saturated heterocycles. The van der Waals surface area contributed by atoms with Gasteiger partial charge in [-0.2, -0.15) is 0 Å². The van der Waals surface area contributed by atoms with E-state index in [1.54, 1.807) is 38.1 Å². The average molecular weight is 416 g/mol. The fourth-order valence-electron chi connectivity index (χ4n) is 2.82. The quantitative estimate of drug-likeness (QED) is 0.593. The van der Waals surface area contributed by atoms with Gasteiger partial charge < -0.3 is 24.3 Å². The Kier molecular flexibility index (Phi) is 5.88. The summed E-state index contributed by atoms with van der Waals surface area (Å²) in [7, 11) is 2.88. The van der Waals surface area contributed by atoms with Crippen LogP contribution in [0, 0.1) is 6.92 Å². The molecule has 2 N–H and O–H groups in total. The van der Waals surface area contributed by atoms with Gasteiger partial charge in [0.1, 0.15) is 15.5 Å². The number of nitrogens with one attached hydrogen (secondary N) is 1. The van der Waals surface area contributed by atoms with E-state index in [-0.39, 0.29) is 29.4 Å². The smallest absolute Gasteiger partial charge is 0.348 e. The Morgan fingerprint density at radius 1 is 1.24 bits per heavy atom. The molecule has 2 aromatic heterocycles. The van der Waals surface area contributed by atoms with Crippen molar-refractivity contribution >= 4 is 39.7 Å². The Labute approximate surface area is 170 Å². The first-order valence-corrected chi connectivity index (χ1v) is 9.54. The summed E-state index contributed by atoms with van der Waals surface area (Å²) in [5.41, 5.74) is 0.898. The summed E-state index contributed by atoms with van der Waals surface area (Å²) < 4.78 is 15.3. The van der Waals surface area contributed by atoms with Crippen LogP contribution in [-0.2, 0) is 4.74 Å². The molecule has 0 aliphatic carbocycles. The van der Waals surface area contributed by atoms with Gasteiger partial charge in [-0.1, -0.05) is 6.08 Å². The van der Waals surface area contributed by atoms with Crippen molar-refractivity contribution in [1.82, 2.24) is 9.97 Å². The zero-order chi connectivity index (χ0) is 21.1.